The molecule has 0 spiro atoms. The summed E-state index contributed by atoms with van der Waals surface area (Å²) in [5.41, 5.74) is 0.734. The average Bonchev–Trinajstić information content (AvgIpc) is 3.42. The Balaban J connectivity index is 2.00. The van der Waals surface area contributed by atoms with Crippen LogP contribution in [-0.2, 0) is 20.0 Å². The number of nitriles is 1. The molecule has 0 atom stereocenters. The number of hydrogen-bond acceptors (Lipinski definition) is 4. The van der Waals surface area contributed by atoms with E-state index < -0.39 is 39.2 Å². The maximum Gasteiger partial charge on any atom is 0.304 e. The number of carboxylic acids is 1. The molecule has 134 valence electrons. The molecule has 26 heavy (non-hydrogen) atoms. The fourth-order valence-electron chi connectivity index (χ4n) is 2.83. The van der Waals surface area contributed by atoms with Gasteiger partial charge in [-0.2, -0.15) is 5.26 Å². The molecule has 1 aliphatic carbocycles. The van der Waals surface area contributed by atoms with Gasteiger partial charge in [-0.1, -0.05) is 18.2 Å². The molecule has 1 fully saturated rings. The van der Waals surface area contributed by atoms with Crippen LogP contribution >= 0.6 is 0 Å². The molecule has 1 N–H and O–H groups in total. The van der Waals surface area contributed by atoms with Gasteiger partial charge in [-0.15, -0.1) is 0 Å². The summed E-state index contributed by atoms with van der Waals surface area (Å²) >= 11 is 0. The number of hydrogen-bond donors (Lipinski definition) is 1. The van der Waals surface area contributed by atoms with E-state index in [-0.39, 0.29) is 10.5 Å². The molecule has 2 aromatic carbocycles. The first-order valence-corrected chi connectivity index (χ1v) is 9.69. The number of aliphatic carboxylic acids is 1. The van der Waals surface area contributed by atoms with Gasteiger partial charge in [-0.05, 0) is 48.2 Å². The molecule has 0 unspecified atom stereocenters. The third kappa shape index (κ3) is 3.46. The molecule has 0 amide bonds. The Morgan fingerprint density at radius 1 is 1.23 bits per heavy atom. The van der Waals surface area contributed by atoms with Crippen LogP contribution in [0.25, 0.3) is 11.1 Å². The monoisotopic (exact) mass is 373 g/mol. The van der Waals surface area contributed by atoms with Crippen molar-refractivity contribution >= 4 is 15.8 Å². The predicted molar refractivity (Wildman–Crippen MR) is 92.7 cm³/mol. The van der Waals surface area contributed by atoms with E-state index in [0.29, 0.717) is 5.56 Å². The van der Waals surface area contributed by atoms with Crippen molar-refractivity contribution in [2.24, 2.45) is 0 Å². The number of carbonyl (C=O) groups is 1. The molecule has 1 aliphatic rings. The van der Waals surface area contributed by atoms with E-state index in [9.17, 15) is 22.9 Å². The topological polar surface area (TPSA) is 95.2 Å². The zero-order chi connectivity index (χ0) is 18.9. The van der Waals surface area contributed by atoms with Crippen molar-refractivity contribution in [3.8, 4) is 17.2 Å². The fourth-order valence-corrected chi connectivity index (χ4v) is 4.10. The number of nitrogens with zero attached hydrogens (tertiary/aromatic N) is 1. The van der Waals surface area contributed by atoms with E-state index >= 15 is 0 Å². The SMILES string of the molecule is N#CC1(c2ccc(F)c(-c3cccc(S(=O)(=O)CCC(=O)O)c3)c2)CC1. The highest BCUT2D eigenvalue weighted by molar-refractivity contribution is 7.91. The molecule has 0 aromatic heterocycles. The summed E-state index contributed by atoms with van der Waals surface area (Å²) in [5, 5.41) is 18.0. The second-order valence-corrected chi connectivity index (χ2v) is 8.49. The van der Waals surface area contributed by atoms with Gasteiger partial charge in [0.25, 0.3) is 0 Å². The molecular formula is C19H16FNO4S. The zero-order valence-electron chi connectivity index (χ0n) is 13.8. The van der Waals surface area contributed by atoms with Gasteiger partial charge in [0.1, 0.15) is 5.82 Å². The van der Waals surface area contributed by atoms with E-state index in [1.807, 2.05) is 0 Å². The largest absolute Gasteiger partial charge is 0.481 e. The Bertz CT molecular complexity index is 1020. The number of benzene rings is 2. The van der Waals surface area contributed by atoms with Crippen molar-refractivity contribution in [2.45, 2.75) is 29.6 Å². The minimum Gasteiger partial charge on any atom is -0.481 e. The maximum atomic E-state index is 14.3. The smallest absolute Gasteiger partial charge is 0.304 e. The van der Waals surface area contributed by atoms with Crippen LogP contribution in [0.3, 0.4) is 0 Å². The molecule has 0 heterocycles. The second kappa shape index (κ2) is 6.54. The van der Waals surface area contributed by atoms with Crippen LogP contribution in [0.1, 0.15) is 24.8 Å². The number of sulfone groups is 1. The van der Waals surface area contributed by atoms with Crippen LogP contribution in [0.15, 0.2) is 47.4 Å². The minimum absolute atomic E-state index is 0.0533. The lowest BCUT2D eigenvalue weighted by Crippen LogP contribution is -2.11. The van der Waals surface area contributed by atoms with Crippen molar-refractivity contribution in [2.75, 3.05) is 5.75 Å². The lowest BCUT2D eigenvalue weighted by Gasteiger charge is -2.11. The lowest BCUT2D eigenvalue weighted by molar-refractivity contribution is -0.136. The molecule has 0 aliphatic heterocycles. The first kappa shape index (κ1) is 18.1. The van der Waals surface area contributed by atoms with Gasteiger partial charge in [0, 0.05) is 5.56 Å². The van der Waals surface area contributed by atoms with E-state index in [4.69, 9.17) is 5.11 Å². The van der Waals surface area contributed by atoms with E-state index in [2.05, 4.69) is 6.07 Å². The Hall–Kier alpha value is -2.72. The first-order valence-electron chi connectivity index (χ1n) is 8.04. The third-order valence-corrected chi connectivity index (χ3v) is 6.29. The molecule has 1 saturated carbocycles. The van der Waals surface area contributed by atoms with Crippen LogP contribution in [0.5, 0.6) is 0 Å². The van der Waals surface area contributed by atoms with Gasteiger partial charge >= 0.3 is 5.97 Å². The van der Waals surface area contributed by atoms with Crippen LogP contribution < -0.4 is 0 Å². The van der Waals surface area contributed by atoms with Crippen molar-refractivity contribution in [1.29, 1.82) is 5.26 Å². The van der Waals surface area contributed by atoms with Crippen molar-refractivity contribution in [3.63, 3.8) is 0 Å². The summed E-state index contributed by atoms with van der Waals surface area (Å²) in [6.07, 6.45) is 0.942. The average molecular weight is 373 g/mol. The molecule has 5 nitrogen and oxygen atoms in total. The Morgan fingerprint density at radius 3 is 2.58 bits per heavy atom. The van der Waals surface area contributed by atoms with Crippen molar-refractivity contribution < 1.29 is 22.7 Å². The standard InChI is InChI=1S/C19H16FNO4S/c20-17-5-4-14(19(12-21)7-8-19)11-16(17)13-2-1-3-15(10-13)26(24,25)9-6-18(22)23/h1-5,10-11H,6-9H2,(H,22,23). The number of carboxylic acid groups (broad SMARTS) is 1. The quantitative estimate of drug-likeness (QED) is 0.838. The van der Waals surface area contributed by atoms with Gasteiger partial charge in [0.15, 0.2) is 9.84 Å². The predicted octanol–water partition coefficient (Wildman–Crippen LogP) is 3.30. The minimum atomic E-state index is -3.79. The third-order valence-electron chi connectivity index (χ3n) is 4.57. The van der Waals surface area contributed by atoms with Crippen LogP contribution in [0.2, 0.25) is 0 Å². The highest BCUT2D eigenvalue weighted by Gasteiger charge is 2.45. The Morgan fingerprint density at radius 2 is 1.96 bits per heavy atom. The van der Waals surface area contributed by atoms with Crippen molar-refractivity contribution in [3.05, 3.63) is 53.8 Å². The van der Waals surface area contributed by atoms with E-state index in [0.717, 1.165) is 18.4 Å². The molecule has 7 heteroatoms. The van der Waals surface area contributed by atoms with Gasteiger partial charge in [-0.3, -0.25) is 4.79 Å². The maximum absolute atomic E-state index is 14.3. The van der Waals surface area contributed by atoms with Crippen LogP contribution in [0, 0.1) is 17.1 Å². The fraction of sp³-hybridized carbons (Fsp3) is 0.263. The first-order chi connectivity index (χ1) is 12.3. The van der Waals surface area contributed by atoms with E-state index in [1.54, 1.807) is 18.2 Å². The second-order valence-electron chi connectivity index (χ2n) is 6.38. The van der Waals surface area contributed by atoms with Crippen molar-refractivity contribution in [1.82, 2.24) is 0 Å². The number of halogens is 1. The summed E-state index contributed by atoms with van der Waals surface area (Å²) in [5.74, 6) is -2.23. The molecule has 0 saturated heterocycles. The van der Waals surface area contributed by atoms with E-state index in [1.165, 1.54) is 24.3 Å². The Kier molecular flexibility index (Phi) is 4.55. The molecule has 3 rings (SSSR count). The molecular weight excluding hydrogens is 357 g/mol. The highest BCUT2D eigenvalue weighted by atomic mass is 32.2. The normalized spacial score (nSPS) is 15.2. The van der Waals surface area contributed by atoms with Gasteiger partial charge in [0.05, 0.1) is 28.6 Å². The number of rotatable bonds is 6. The van der Waals surface area contributed by atoms with Gasteiger partial charge in [-0.25, -0.2) is 12.8 Å². The highest BCUT2D eigenvalue weighted by Crippen LogP contribution is 2.48. The van der Waals surface area contributed by atoms with Crippen LogP contribution in [-0.4, -0.2) is 25.2 Å². The Labute approximate surface area is 150 Å². The zero-order valence-corrected chi connectivity index (χ0v) is 14.6. The summed E-state index contributed by atoms with van der Waals surface area (Å²) in [6.45, 7) is 0. The molecule has 0 radical (unpaired) electrons. The van der Waals surface area contributed by atoms with Gasteiger partial charge in [0.2, 0.25) is 0 Å². The van der Waals surface area contributed by atoms with Crippen LogP contribution in [0.4, 0.5) is 4.39 Å². The molecule has 0 bridgehead atoms. The van der Waals surface area contributed by atoms with Gasteiger partial charge < -0.3 is 5.11 Å². The summed E-state index contributed by atoms with van der Waals surface area (Å²) < 4.78 is 38.9. The lowest BCUT2D eigenvalue weighted by atomic mass is 9.93. The summed E-state index contributed by atoms with van der Waals surface area (Å²) in [4.78, 5) is 10.6. The molecule has 2 aromatic rings. The summed E-state index contributed by atoms with van der Waals surface area (Å²) in [7, 11) is -3.79. The summed E-state index contributed by atoms with van der Waals surface area (Å²) in [6, 6.07) is 12.5.